The number of aryl methyl sites for hydroxylation is 1. The number of hydrogen-bond acceptors (Lipinski definition) is 3. The minimum atomic E-state index is -0.00777. The first-order chi connectivity index (χ1) is 8.56. The van der Waals surface area contributed by atoms with Crippen molar-refractivity contribution in [3.63, 3.8) is 0 Å². The molecule has 0 saturated heterocycles. The average Bonchev–Trinajstić information content (AvgIpc) is 3.06. The molecule has 3 N–H and O–H groups in total. The van der Waals surface area contributed by atoms with Gasteiger partial charge in [0.2, 0.25) is 5.91 Å². The van der Waals surface area contributed by atoms with Gasteiger partial charge in [-0.3, -0.25) is 4.79 Å². The van der Waals surface area contributed by atoms with E-state index in [0.717, 1.165) is 12.2 Å². The maximum Gasteiger partial charge on any atom is 0.225 e. The normalized spacial score (nSPS) is 23.3. The van der Waals surface area contributed by atoms with Crippen molar-refractivity contribution < 1.29 is 9.53 Å². The summed E-state index contributed by atoms with van der Waals surface area (Å²) in [6, 6.07) is 7.91. The van der Waals surface area contributed by atoms with Crippen LogP contribution in [0, 0.1) is 12.8 Å². The van der Waals surface area contributed by atoms with Crippen molar-refractivity contribution in [2.75, 3.05) is 6.61 Å². The zero-order chi connectivity index (χ0) is 13.1. The number of nitrogens with two attached hydrogens (primary N) is 1. The Labute approximate surface area is 108 Å². The fourth-order valence-electron chi connectivity index (χ4n) is 1.76. The largest absolute Gasteiger partial charge is 0.491 e. The Balaban J connectivity index is 1.72. The first-order valence-electron chi connectivity index (χ1n) is 6.31. The third kappa shape index (κ3) is 3.47. The van der Waals surface area contributed by atoms with Gasteiger partial charge in [-0.1, -0.05) is 17.7 Å². The quantitative estimate of drug-likeness (QED) is 0.823. The summed E-state index contributed by atoms with van der Waals surface area (Å²) in [7, 11) is 0. The molecular formula is C14H20N2O2. The van der Waals surface area contributed by atoms with Gasteiger partial charge in [-0.15, -0.1) is 0 Å². The van der Waals surface area contributed by atoms with E-state index in [4.69, 9.17) is 10.5 Å². The van der Waals surface area contributed by atoms with Crippen LogP contribution in [0.5, 0.6) is 5.75 Å². The van der Waals surface area contributed by atoms with Gasteiger partial charge in [-0.2, -0.15) is 0 Å². The fourth-order valence-corrected chi connectivity index (χ4v) is 1.76. The lowest BCUT2D eigenvalue weighted by molar-refractivity contribution is -0.123. The number of carbonyl (C=O) groups excluding carboxylic acids is 1. The van der Waals surface area contributed by atoms with Crippen molar-refractivity contribution >= 4 is 5.91 Å². The first-order valence-corrected chi connectivity index (χ1v) is 6.31. The van der Waals surface area contributed by atoms with E-state index in [1.807, 2.05) is 38.1 Å². The lowest BCUT2D eigenvalue weighted by Gasteiger charge is -2.15. The summed E-state index contributed by atoms with van der Waals surface area (Å²) >= 11 is 0. The van der Waals surface area contributed by atoms with Gasteiger partial charge in [-0.25, -0.2) is 0 Å². The van der Waals surface area contributed by atoms with Gasteiger partial charge in [-0.05, 0) is 32.4 Å². The smallest absolute Gasteiger partial charge is 0.225 e. The van der Waals surface area contributed by atoms with Gasteiger partial charge >= 0.3 is 0 Å². The van der Waals surface area contributed by atoms with E-state index < -0.39 is 0 Å². The summed E-state index contributed by atoms with van der Waals surface area (Å²) in [5.74, 6) is 0.874. The molecule has 0 aromatic heterocycles. The van der Waals surface area contributed by atoms with Crippen molar-refractivity contribution in [3.8, 4) is 5.75 Å². The van der Waals surface area contributed by atoms with Crippen LogP contribution in [-0.2, 0) is 4.79 Å². The molecule has 18 heavy (non-hydrogen) atoms. The van der Waals surface area contributed by atoms with Crippen LogP contribution in [0.15, 0.2) is 24.3 Å². The zero-order valence-electron chi connectivity index (χ0n) is 10.8. The number of hydrogen-bond donors (Lipinski definition) is 2. The standard InChI is InChI=1S/C14H20N2O2/c1-9-3-5-11(6-4-9)18-8-10(2)16-14(17)12-7-13(12)15/h3-6,10,12-13H,7-8,15H2,1-2H3,(H,16,17). The number of amides is 1. The molecule has 0 radical (unpaired) electrons. The Kier molecular flexibility index (Phi) is 3.87. The van der Waals surface area contributed by atoms with Crippen LogP contribution in [0.4, 0.5) is 0 Å². The molecule has 1 aliphatic rings. The molecule has 3 atom stereocenters. The molecule has 0 aliphatic heterocycles. The number of carbonyl (C=O) groups is 1. The molecule has 1 aliphatic carbocycles. The number of ether oxygens (including phenoxy) is 1. The molecule has 3 unspecified atom stereocenters. The highest BCUT2D eigenvalue weighted by Crippen LogP contribution is 2.27. The first kappa shape index (κ1) is 12.9. The van der Waals surface area contributed by atoms with Crippen LogP contribution in [0.25, 0.3) is 0 Å². The van der Waals surface area contributed by atoms with Crippen molar-refractivity contribution in [1.29, 1.82) is 0 Å². The molecule has 1 amide bonds. The highest BCUT2D eigenvalue weighted by molar-refractivity contribution is 5.82. The van der Waals surface area contributed by atoms with Gasteiger partial charge in [0, 0.05) is 6.04 Å². The molecule has 1 fully saturated rings. The second-order valence-electron chi connectivity index (χ2n) is 5.04. The van der Waals surface area contributed by atoms with Crippen LogP contribution in [-0.4, -0.2) is 24.6 Å². The summed E-state index contributed by atoms with van der Waals surface area (Å²) in [5, 5.41) is 2.91. The van der Waals surface area contributed by atoms with Crippen molar-refractivity contribution in [2.24, 2.45) is 11.7 Å². The number of rotatable bonds is 5. The summed E-state index contributed by atoms with van der Waals surface area (Å²) < 4.78 is 5.60. The van der Waals surface area contributed by atoms with E-state index in [1.54, 1.807) is 0 Å². The molecule has 4 heteroatoms. The van der Waals surface area contributed by atoms with Gasteiger partial charge in [0.25, 0.3) is 0 Å². The topological polar surface area (TPSA) is 64.3 Å². The molecule has 2 rings (SSSR count). The Morgan fingerprint density at radius 1 is 1.50 bits per heavy atom. The van der Waals surface area contributed by atoms with Crippen LogP contribution in [0.2, 0.25) is 0 Å². The monoisotopic (exact) mass is 248 g/mol. The maximum absolute atomic E-state index is 11.6. The Morgan fingerprint density at radius 2 is 2.11 bits per heavy atom. The number of benzene rings is 1. The summed E-state index contributed by atoms with van der Waals surface area (Å²) in [6.07, 6.45) is 0.803. The SMILES string of the molecule is Cc1ccc(OCC(C)NC(=O)C2CC2N)cc1. The lowest BCUT2D eigenvalue weighted by atomic mass is 10.2. The van der Waals surface area contributed by atoms with Gasteiger partial charge < -0.3 is 15.8 Å². The second-order valence-corrected chi connectivity index (χ2v) is 5.04. The average molecular weight is 248 g/mol. The summed E-state index contributed by atoms with van der Waals surface area (Å²) in [5.41, 5.74) is 6.83. The Hall–Kier alpha value is -1.55. The Morgan fingerprint density at radius 3 is 2.67 bits per heavy atom. The molecule has 98 valence electrons. The van der Waals surface area contributed by atoms with Crippen molar-refractivity contribution in [2.45, 2.75) is 32.4 Å². The van der Waals surface area contributed by atoms with E-state index in [9.17, 15) is 4.79 Å². The van der Waals surface area contributed by atoms with E-state index in [-0.39, 0.29) is 23.9 Å². The second kappa shape index (κ2) is 5.40. The minimum absolute atomic E-state index is 0.00632. The molecular weight excluding hydrogens is 228 g/mol. The molecule has 4 nitrogen and oxygen atoms in total. The Bertz CT molecular complexity index is 416. The van der Waals surface area contributed by atoms with Crippen molar-refractivity contribution in [3.05, 3.63) is 29.8 Å². The summed E-state index contributed by atoms with van der Waals surface area (Å²) in [6.45, 7) is 4.43. The van der Waals surface area contributed by atoms with Crippen LogP contribution in [0.3, 0.4) is 0 Å². The van der Waals surface area contributed by atoms with Crippen LogP contribution >= 0.6 is 0 Å². The van der Waals surface area contributed by atoms with Gasteiger partial charge in [0.15, 0.2) is 0 Å². The maximum atomic E-state index is 11.6. The third-order valence-electron chi connectivity index (χ3n) is 3.09. The lowest BCUT2D eigenvalue weighted by Crippen LogP contribution is -2.38. The van der Waals surface area contributed by atoms with Gasteiger partial charge in [0.1, 0.15) is 12.4 Å². The van der Waals surface area contributed by atoms with Crippen molar-refractivity contribution in [1.82, 2.24) is 5.32 Å². The van der Waals surface area contributed by atoms with E-state index in [0.29, 0.717) is 6.61 Å². The highest BCUT2D eigenvalue weighted by Gasteiger charge is 2.40. The van der Waals surface area contributed by atoms with E-state index >= 15 is 0 Å². The number of nitrogens with one attached hydrogen (secondary N) is 1. The van der Waals surface area contributed by atoms with Crippen LogP contribution < -0.4 is 15.8 Å². The zero-order valence-corrected chi connectivity index (χ0v) is 10.8. The van der Waals surface area contributed by atoms with E-state index in [1.165, 1.54) is 5.56 Å². The molecule has 0 bridgehead atoms. The minimum Gasteiger partial charge on any atom is -0.491 e. The third-order valence-corrected chi connectivity index (χ3v) is 3.09. The highest BCUT2D eigenvalue weighted by atomic mass is 16.5. The molecule has 0 heterocycles. The molecule has 0 spiro atoms. The summed E-state index contributed by atoms with van der Waals surface area (Å²) in [4.78, 5) is 11.6. The molecule has 1 aromatic rings. The fraction of sp³-hybridized carbons (Fsp3) is 0.500. The predicted octanol–water partition coefficient (Wildman–Crippen LogP) is 1.23. The predicted molar refractivity (Wildman–Crippen MR) is 70.4 cm³/mol. The van der Waals surface area contributed by atoms with E-state index in [2.05, 4.69) is 5.32 Å². The molecule has 1 aromatic carbocycles. The molecule has 1 saturated carbocycles. The van der Waals surface area contributed by atoms with Crippen LogP contribution in [0.1, 0.15) is 18.9 Å². The van der Waals surface area contributed by atoms with Gasteiger partial charge in [0.05, 0.1) is 12.0 Å².